The molecule has 0 bridgehead atoms. The van der Waals surface area contributed by atoms with Gasteiger partial charge in [0.25, 0.3) is 0 Å². The number of carbonyl (C=O) groups excluding carboxylic acids is 1. The van der Waals surface area contributed by atoms with E-state index < -0.39 is 6.36 Å². The standard InChI is InChI=1S/C30H26F3N7O2S/c1-19(2)25-9-4-5-10-26(25)40-27(41)17-43-29(40)36-20(3)37-35-16-21-7-6-8-22(15-21)28-34-18-39(38-28)23-11-13-24(14-12-23)42-30(31,32)33/h4-16,18-19,37H,3,17H2,1-2H3/b35-16+,36-29?. The minimum Gasteiger partial charge on any atom is -0.406 e. The van der Waals surface area contributed by atoms with Crippen LogP contribution >= 0.6 is 11.8 Å². The van der Waals surface area contributed by atoms with Gasteiger partial charge in [-0.3, -0.25) is 15.1 Å². The maximum Gasteiger partial charge on any atom is 0.573 e. The van der Waals surface area contributed by atoms with Gasteiger partial charge in [-0.15, -0.1) is 18.3 Å². The summed E-state index contributed by atoms with van der Waals surface area (Å²) in [5, 5.41) is 9.19. The zero-order valence-electron chi connectivity index (χ0n) is 23.1. The van der Waals surface area contributed by atoms with Crippen molar-refractivity contribution in [3.8, 4) is 22.8 Å². The number of hydrazone groups is 1. The Bertz CT molecular complexity index is 1700. The summed E-state index contributed by atoms with van der Waals surface area (Å²) in [4.78, 5) is 23.2. The number of amides is 1. The molecule has 1 fully saturated rings. The third kappa shape index (κ3) is 7.30. The highest BCUT2D eigenvalue weighted by molar-refractivity contribution is 8.15. The van der Waals surface area contributed by atoms with E-state index in [4.69, 9.17) is 0 Å². The van der Waals surface area contributed by atoms with Crippen LogP contribution in [0.3, 0.4) is 0 Å². The second-order valence-corrected chi connectivity index (χ2v) is 10.6. The number of aromatic nitrogens is 3. The molecule has 1 aliphatic heterocycles. The minimum atomic E-state index is -4.76. The monoisotopic (exact) mass is 605 g/mol. The molecule has 0 aliphatic carbocycles. The summed E-state index contributed by atoms with van der Waals surface area (Å²) >= 11 is 1.34. The number of anilines is 1. The number of halogens is 3. The lowest BCUT2D eigenvalue weighted by Gasteiger charge is -2.21. The number of alkyl halides is 3. The normalized spacial score (nSPS) is 14.7. The summed E-state index contributed by atoms with van der Waals surface area (Å²) in [7, 11) is 0. The summed E-state index contributed by atoms with van der Waals surface area (Å²) in [6, 6.07) is 20.4. The maximum atomic E-state index is 12.7. The van der Waals surface area contributed by atoms with Crippen molar-refractivity contribution < 1.29 is 22.7 Å². The Morgan fingerprint density at radius 3 is 2.63 bits per heavy atom. The van der Waals surface area contributed by atoms with E-state index in [0.717, 1.165) is 16.8 Å². The fourth-order valence-corrected chi connectivity index (χ4v) is 5.15. The third-order valence-electron chi connectivity index (χ3n) is 6.17. The van der Waals surface area contributed by atoms with Crippen molar-refractivity contribution in [1.29, 1.82) is 0 Å². The predicted molar refractivity (Wildman–Crippen MR) is 161 cm³/mol. The number of hydrogen-bond donors (Lipinski definition) is 1. The molecule has 1 aromatic heterocycles. The van der Waals surface area contributed by atoms with Gasteiger partial charge in [-0.1, -0.05) is 68.6 Å². The summed E-state index contributed by atoms with van der Waals surface area (Å²) in [6.45, 7) is 8.08. The van der Waals surface area contributed by atoms with Crippen molar-refractivity contribution in [3.05, 3.63) is 103 Å². The van der Waals surface area contributed by atoms with Crippen LogP contribution in [0, 0.1) is 0 Å². The van der Waals surface area contributed by atoms with Gasteiger partial charge in [-0.05, 0) is 53.4 Å². The van der Waals surface area contributed by atoms with Crippen molar-refractivity contribution in [2.75, 3.05) is 10.7 Å². The van der Waals surface area contributed by atoms with Gasteiger partial charge >= 0.3 is 6.36 Å². The molecule has 1 aliphatic rings. The first kappa shape index (κ1) is 29.6. The molecule has 2 heterocycles. The molecule has 43 heavy (non-hydrogen) atoms. The number of nitrogens with zero attached hydrogens (tertiary/aromatic N) is 6. The number of carbonyl (C=O) groups is 1. The number of para-hydroxylation sites is 1. The first-order chi connectivity index (χ1) is 20.6. The number of nitrogens with one attached hydrogen (secondary N) is 1. The zero-order chi connectivity index (χ0) is 30.6. The average molecular weight is 606 g/mol. The molecule has 0 atom stereocenters. The zero-order valence-corrected chi connectivity index (χ0v) is 23.9. The number of thioether (sulfide) groups is 1. The number of benzene rings is 3. The third-order valence-corrected chi connectivity index (χ3v) is 7.10. The smallest absolute Gasteiger partial charge is 0.406 e. The van der Waals surface area contributed by atoms with Crippen LogP contribution in [0.2, 0.25) is 0 Å². The fraction of sp³-hybridized carbons (Fsp3) is 0.167. The fourth-order valence-electron chi connectivity index (χ4n) is 4.26. The van der Waals surface area contributed by atoms with E-state index in [2.05, 4.69) is 50.8 Å². The molecule has 9 nitrogen and oxygen atoms in total. The first-order valence-electron chi connectivity index (χ1n) is 13.1. The number of ether oxygens (including phenoxy) is 1. The lowest BCUT2D eigenvalue weighted by molar-refractivity contribution is -0.274. The van der Waals surface area contributed by atoms with E-state index in [1.54, 1.807) is 11.1 Å². The van der Waals surface area contributed by atoms with Crippen LogP contribution in [-0.2, 0) is 4.79 Å². The van der Waals surface area contributed by atoms with Crippen LogP contribution in [-0.4, -0.2) is 44.2 Å². The van der Waals surface area contributed by atoms with Gasteiger partial charge in [-0.2, -0.15) is 5.10 Å². The quantitative estimate of drug-likeness (QED) is 0.173. The first-order valence-corrected chi connectivity index (χ1v) is 14.1. The molecule has 0 radical (unpaired) electrons. The highest BCUT2D eigenvalue weighted by Gasteiger charge is 2.32. The molecular weight excluding hydrogens is 579 g/mol. The van der Waals surface area contributed by atoms with E-state index in [9.17, 15) is 18.0 Å². The summed E-state index contributed by atoms with van der Waals surface area (Å²) in [6.07, 6.45) is -1.71. The van der Waals surface area contributed by atoms with Crippen molar-refractivity contribution in [2.24, 2.45) is 10.1 Å². The number of hydrogen-bond acceptors (Lipinski definition) is 8. The van der Waals surface area contributed by atoms with Crippen LogP contribution in [0.1, 0.15) is 30.9 Å². The van der Waals surface area contributed by atoms with Crippen molar-refractivity contribution in [3.63, 3.8) is 0 Å². The summed E-state index contributed by atoms with van der Waals surface area (Å²) in [5.41, 5.74) is 6.63. The van der Waals surface area contributed by atoms with Gasteiger partial charge in [0.1, 0.15) is 17.9 Å². The van der Waals surface area contributed by atoms with Crippen LogP contribution in [0.25, 0.3) is 17.1 Å². The Morgan fingerprint density at radius 1 is 1.12 bits per heavy atom. The molecule has 4 aromatic rings. The predicted octanol–water partition coefficient (Wildman–Crippen LogP) is 6.49. The van der Waals surface area contributed by atoms with Crippen molar-refractivity contribution in [1.82, 2.24) is 20.2 Å². The molecule has 0 spiro atoms. The topological polar surface area (TPSA) is 97.0 Å². The molecule has 0 unspecified atom stereocenters. The largest absolute Gasteiger partial charge is 0.573 e. The van der Waals surface area contributed by atoms with E-state index in [1.165, 1.54) is 47.0 Å². The van der Waals surface area contributed by atoms with Gasteiger partial charge in [0, 0.05) is 5.56 Å². The van der Waals surface area contributed by atoms with Crippen molar-refractivity contribution in [2.45, 2.75) is 26.1 Å². The van der Waals surface area contributed by atoms with Crippen LogP contribution in [0.15, 0.2) is 102 Å². The van der Waals surface area contributed by atoms with Gasteiger partial charge < -0.3 is 4.74 Å². The molecule has 1 amide bonds. The Labute approximate surface area is 249 Å². The highest BCUT2D eigenvalue weighted by Crippen LogP contribution is 2.33. The molecule has 13 heteroatoms. The number of aliphatic imine (C=N–C) groups is 1. The minimum absolute atomic E-state index is 0.0477. The Kier molecular flexibility index (Phi) is 8.62. The molecule has 3 aromatic carbocycles. The van der Waals surface area contributed by atoms with Gasteiger partial charge in [0.15, 0.2) is 11.0 Å². The Balaban J connectivity index is 1.25. The lowest BCUT2D eigenvalue weighted by Crippen LogP contribution is -2.30. The van der Waals surface area contributed by atoms with Crippen LogP contribution in [0.4, 0.5) is 18.9 Å². The SMILES string of the molecule is C=C(N=C1SCC(=O)N1c1ccccc1C(C)C)N/N=C/c1cccc(-c2ncn(-c3ccc(OC(F)(F)F)cc3)n2)c1. The molecule has 0 saturated carbocycles. The van der Waals surface area contributed by atoms with E-state index in [-0.39, 0.29) is 29.1 Å². The summed E-state index contributed by atoms with van der Waals surface area (Å²) in [5.74, 6) is 0.831. The molecular formula is C30H26F3N7O2S. The van der Waals surface area contributed by atoms with E-state index in [1.807, 2.05) is 48.5 Å². The number of amidine groups is 1. The average Bonchev–Trinajstić information content (AvgIpc) is 3.60. The number of rotatable bonds is 9. The van der Waals surface area contributed by atoms with E-state index >= 15 is 0 Å². The second kappa shape index (κ2) is 12.5. The molecule has 5 rings (SSSR count). The van der Waals surface area contributed by atoms with Gasteiger partial charge in [0.05, 0.1) is 23.3 Å². The van der Waals surface area contributed by atoms with Gasteiger partial charge in [-0.25, -0.2) is 14.7 Å². The van der Waals surface area contributed by atoms with Gasteiger partial charge in [0.2, 0.25) is 5.91 Å². The highest BCUT2D eigenvalue weighted by atomic mass is 32.2. The van der Waals surface area contributed by atoms with Crippen LogP contribution < -0.4 is 15.1 Å². The van der Waals surface area contributed by atoms with Crippen LogP contribution in [0.5, 0.6) is 5.75 Å². The Morgan fingerprint density at radius 2 is 1.88 bits per heavy atom. The molecule has 220 valence electrons. The Hall–Kier alpha value is -4.91. The van der Waals surface area contributed by atoms with Crippen molar-refractivity contribution >= 4 is 34.7 Å². The maximum absolute atomic E-state index is 12.7. The van der Waals surface area contributed by atoms with E-state index in [0.29, 0.717) is 22.2 Å². The second-order valence-electron chi connectivity index (χ2n) is 9.62. The lowest BCUT2D eigenvalue weighted by atomic mass is 10.0. The molecule has 1 N–H and O–H groups in total. The summed E-state index contributed by atoms with van der Waals surface area (Å²) < 4.78 is 42.6. The molecule has 1 saturated heterocycles.